The van der Waals surface area contributed by atoms with E-state index in [0.29, 0.717) is 0 Å². The molecule has 0 N–H and O–H groups in total. The molecule has 0 bridgehead atoms. The van der Waals surface area contributed by atoms with E-state index in [-0.39, 0.29) is 0 Å². The molecule has 0 saturated heterocycles. The predicted molar refractivity (Wildman–Crippen MR) is 60.9 cm³/mol. The Morgan fingerprint density at radius 2 is 1.73 bits per heavy atom. The standard InChI is InChI=1S/C15H9/c1-2-11-7-5-9-14-13-8-4-3-6-12(13)10-15(11)14/h3-9H,10H2. The van der Waals surface area contributed by atoms with E-state index >= 15 is 0 Å². The molecule has 3 rings (SSSR count). The zero-order valence-electron chi connectivity index (χ0n) is 8.25. The molecule has 0 heteroatoms. The highest BCUT2D eigenvalue weighted by Gasteiger charge is 2.19. The van der Waals surface area contributed by atoms with Gasteiger partial charge in [-0.2, -0.15) is 0 Å². The van der Waals surface area contributed by atoms with Gasteiger partial charge in [0.15, 0.2) is 0 Å². The van der Waals surface area contributed by atoms with Gasteiger partial charge in [-0.15, -0.1) is 0 Å². The van der Waals surface area contributed by atoms with Crippen LogP contribution in [0.5, 0.6) is 0 Å². The first-order valence-corrected chi connectivity index (χ1v) is 5.03. The summed E-state index contributed by atoms with van der Waals surface area (Å²) in [5, 5.41) is 0. The van der Waals surface area contributed by atoms with Gasteiger partial charge < -0.3 is 0 Å². The zero-order valence-corrected chi connectivity index (χ0v) is 8.25. The molecular weight excluding hydrogens is 180 g/mol. The van der Waals surface area contributed by atoms with Crippen LogP contribution < -0.4 is 0 Å². The Balaban J connectivity index is 2.32. The van der Waals surface area contributed by atoms with Crippen molar-refractivity contribution in [3.05, 3.63) is 65.6 Å². The van der Waals surface area contributed by atoms with Crippen molar-refractivity contribution in [1.82, 2.24) is 0 Å². The van der Waals surface area contributed by atoms with Gasteiger partial charge in [0, 0.05) is 5.56 Å². The molecule has 0 aromatic heterocycles. The molecule has 69 valence electrons. The Morgan fingerprint density at radius 1 is 0.933 bits per heavy atom. The number of rotatable bonds is 0. The minimum atomic E-state index is 0.920. The van der Waals surface area contributed by atoms with Crippen LogP contribution in [-0.2, 0) is 6.42 Å². The monoisotopic (exact) mass is 189 g/mol. The first kappa shape index (κ1) is 8.32. The summed E-state index contributed by atoms with van der Waals surface area (Å²) in [6, 6.07) is 14.5. The third-order valence-electron chi connectivity index (χ3n) is 2.99. The van der Waals surface area contributed by atoms with Crippen LogP contribution in [0.3, 0.4) is 0 Å². The molecule has 0 saturated carbocycles. The van der Waals surface area contributed by atoms with Crippen molar-refractivity contribution < 1.29 is 0 Å². The maximum Gasteiger partial charge on any atom is 0.0297 e. The molecule has 1 aliphatic carbocycles. The summed E-state index contributed by atoms with van der Waals surface area (Å²) < 4.78 is 0. The fourth-order valence-corrected chi connectivity index (χ4v) is 2.27. The summed E-state index contributed by atoms with van der Waals surface area (Å²) in [6.45, 7) is 0. The normalized spacial score (nSPS) is 11.7. The lowest BCUT2D eigenvalue weighted by Crippen LogP contribution is -1.86. The Labute approximate surface area is 89.6 Å². The van der Waals surface area contributed by atoms with Gasteiger partial charge in [0.1, 0.15) is 0 Å². The summed E-state index contributed by atoms with van der Waals surface area (Å²) in [5.74, 6) is 2.51. The molecule has 0 spiro atoms. The highest BCUT2D eigenvalue weighted by atomic mass is 14.2. The minimum Gasteiger partial charge on any atom is -0.0619 e. The van der Waals surface area contributed by atoms with E-state index in [0.717, 1.165) is 12.0 Å². The van der Waals surface area contributed by atoms with Crippen LogP contribution in [0.1, 0.15) is 16.7 Å². The topological polar surface area (TPSA) is 0 Å². The van der Waals surface area contributed by atoms with Crippen LogP contribution in [0.25, 0.3) is 11.1 Å². The van der Waals surface area contributed by atoms with Gasteiger partial charge in [0.25, 0.3) is 0 Å². The second-order valence-corrected chi connectivity index (χ2v) is 3.79. The smallest absolute Gasteiger partial charge is 0.0297 e. The SMILES string of the molecule is [C]#Cc1cccc2c1Cc1ccccc1-2. The van der Waals surface area contributed by atoms with E-state index < -0.39 is 0 Å². The van der Waals surface area contributed by atoms with Gasteiger partial charge >= 0.3 is 0 Å². The molecule has 0 amide bonds. The summed E-state index contributed by atoms with van der Waals surface area (Å²) in [4.78, 5) is 0. The van der Waals surface area contributed by atoms with Gasteiger partial charge in [-0.05, 0) is 41.2 Å². The Kier molecular flexibility index (Phi) is 1.66. The van der Waals surface area contributed by atoms with Gasteiger partial charge in [0.05, 0.1) is 0 Å². The summed E-state index contributed by atoms with van der Waals surface area (Å²) >= 11 is 0. The van der Waals surface area contributed by atoms with Gasteiger partial charge in [0.2, 0.25) is 0 Å². The van der Waals surface area contributed by atoms with Crippen molar-refractivity contribution in [1.29, 1.82) is 0 Å². The third kappa shape index (κ3) is 1.10. The molecule has 2 aromatic carbocycles. The van der Waals surface area contributed by atoms with Crippen molar-refractivity contribution >= 4 is 0 Å². The summed E-state index contributed by atoms with van der Waals surface area (Å²) in [5.41, 5.74) is 6.10. The Hall–Kier alpha value is -2.00. The largest absolute Gasteiger partial charge is 0.0619 e. The van der Waals surface area contributed by atoms with E-state index in [1.165, 1.54) is 22.3 Å². The number of hydrogen-bond acceptors (Lipinski definition) is 0. The van der Waals surface area contributed by atoms with Crippen LogP contribution in [0, 0.1) is 12.3 Å². The molecule has 1 aliphatic rings. The van der Waals surface area contributed by atoms with E-state index in [2.05, 4.69) is 36.3 Å². The highest BCUT2D eigenvalue weighted by molar-refractivity contribution is 5.78. The number of hydrogen-bond donors (Lipinski definition) is 0. The maximum absolute atomic E-state index is 7.27. The second kappa shape index (κ2) is 3.00. The molecular formula is C15H9. The van der Waals surface area contributed by atoms with E-state index in [1.54, 1.807) is 0 Å². The van der Waals surface area contributed by atoms with Crippen LogP contribution in [0.4, 0.5) is 0 Å². The fourth-order valence-electron chi connectivity index (χ4n) is 2.27. The lowest BCUT2D eigenvalue weighted by Gasteiger charge is -2.01. The summed E-state index contributed by atoms with van der Waals surface area (Å²) in [7, 11) is 0. The van der Waals surface area contributed by atoms with E-state index in [1.807, 2.05) is 12.1 Å². The first-order valence-electron chi connectivity index (χ1n) is 5.03. The van der Waals surface area contributed by atoms with Crippen molar-refractivity contribution in [2.45, 2.75) is 6.42 Å². The lowest BCUT2D eigenvalue weighted by molar-refractivity contribution is 1.25. The van der Waals surface area contributed by atoms with E-state index in [9.17, 15) is 0 Å². The van der Waals surface area contributed by atoms with Gasteiger partial charge in [-0.1, -0.05) is 42.3 Å². The van der Waals surface area contributed by atoms with Crippen molar-refractivity contribution in [3.8, 4) is 17.0 Å². The zero-order chi connectivity index (χ0) is 10.3. The summed E-state index contributed by atoms with van der Waals surface area (Å²) in [6.07, 6.45) is 8.21. The molecule has 2 aromatic rings. The van der Waals surface area contributed by atoms with Crippen molar-refractivity contribution in [2.75, 3.05) is 0 Å². The molecule has 0 atom stereocenters. The molecule has 0 unspecified atom stereocenters. The lowest BCUT2D eigenvalue weighted by atomic mass is 10.0. The van der Waals surface area contributed by atoms with Crippen LogP contribution in [0.15, 0.2) is 42.5 Å². The molecule has 0 nitrogen and oxygen atoms in total. The van der Waals surface area contributed by atoms with E-state index in [4.69, 9.17) is 6.42 Å². The molecule has 1 radical (unpaired) electrons. The fraction of sp³-hybridized carbons (Fsp3) is 0.0667. The first-order chi connectivity index (χ1) is 7.40. The average molecular weight is 189 g/mol. The molecule has 0 heterocycles. The van der Waals surface area contributed by atoms with Crippen molar-refractivity contribution in [2.24, 2.45) is 0 Å². The van der Waals surface area contributed by atoms with Crippen LogP contribution in [0.2, 0.25) is 0 Å². The molecule has 15 heavy (non-hydrogen) atoms. The molecule has 0 aliphatic heterocycles. The molecule has 0 fully saturated rings. The Morgan fingerprint density at radius 3 is 2.60 bits per heavy atom. The highest BCUT2D eigenvalue weighted by Crippen LogP contribution is 2.37. The second-order valence-electron chi connectivity index (χ2n) is 3.79. The maximum atomic E-state index is 7.27. The number of benzene rings is 2. The van der Waals surface area contributed by atoms with Gasteiger partial charge in [-0.3, -0.25) is 0 Å². The average Bonchev–Trinajstić information content (AvgIpc) is 2.67. The predicted octanol–water partition coefficient (Wildman–Crippen LogP) is 3.20. The number of fused-ring (bicyclic) bond motifs is 3. The van der Waals surface area contributed by atoms with Crippen LogP contribution in [-0.4, -0.2) is 0 Å². The quantitative estimate of drug-likeness (QED) is 0.476. The third-order valence-corrected chi connectivity index (χ3v) is 2.99. The van der Waals surface area contributed by atoms with Crippen LogP contribution >= 0.6 is 0 Å². The minimum absolute atomic E-state index is 0.920. The van der Waals surface area contributed by atoms with Gasteiger partial charge in [-0.25, -0.2) is 0 Å². The Bertz CT molecular complexity index is 571. The van der Waals surface area contributed by atoms with Crippen molar-refractivity contribution in [3.63, 3.8) is 0 Å².